The lowest BCUT2D eigenvalue weighted by Crippen LogP contribution is -2.25. The van der Waals surface area contributed by atoms with Crippen LogP contribution in [0.2, 0.25) is 0 Å². The average molecular weight is 254 g/mol. The molecule has 1 fully saturated rings. The number of aromatic nitrogens is 1. The summed E-state index contributed by atoms with van der Waals surface area (Å²) in [6, 6.07) is 0. The summed E-state index contributed by atoms with van der Waals surface area (Å²) < 4.78 is 5.32. The number of amides is 1. The number of anilines is 1. The fraction of sp³-hybridized carbons (Fsp3) is 0.667. The van der Waals surface area contributed by atoms with Crippen molar-refractivity contribution in [1.29, 1.82) is 0 Å². The van der Waals surface area contributed by atoms with Gasteiger partial charge in [-0.2, -0.15) is 0 Å². The van der Waals surface area contributed by atoms with Crippen LogP contribution in [0.25, 0.3) is 0 Å². The van der Waals surface area contributed by atoms with Crippen LogP contribution in [0.15, 0.2) is 11.6 Å². The van der Waals surface area contributed by atoms with Gasteiger partial charge in [0.25, 0.3) is 0 Å². The van der Waals surface area contributed by atoms with Crippen molar-refractivity contribution in [1.82, 2.24) is 4.98 Å². The highest BCUT2D eigenvalue weighted by atomic mass is 32.1. The highest BCUT2D eigenvalue weighted by Gasteiger charge is 2.21. The molecule has 1 atom stereocenters. The molecule has 5 heteroatoms. The molecule has 1 unspecified atom stereocenters. The predicted octanol–water partition coefficient (Wildman–Crippen LogP) is 2.53. The maximum absolute atomic E-state index is 11.9. The van der Waals surface area contributed by atoms with Crippen molar-refractivity contribution in [2.45, 2.75) is 26.2 Å². The topological polar surface area (TPSA) is 51.2 Å². The van der Waals surface area contributed by atoms with Gasteiger partial charge in [0.1, 0.15) is 0 Å². The third kappa shape index (κ3) is 3.78. The Hall–Kier alpha value is -0.940. The number of nitrogens with one attached hydrogen (secondary N) is 1. The second-order valence-electron chi connectivity index (χ2n) is 4.52. The van der Waals surface area contributed by atoms with E-state index in [0.29, 0.717) is 11.0 Å². The Kier molecular flexibility index (Phi) is 4.50. The Balaban J connectivity index is 1.78. The van der Waals surface area contributed by atoms with Gasteiger partial charge in [0, 0.05) is 30.7 Å². The Bertz CT molecular complexity index is 347. The van der Waals surface area contributed by atoms with Gasteiger partial charge in [-0.1, -0.05) is 6.92 Å². The lowest BCUT2D eigenvalue weighted by Gasteiger charge is -2.24. The second-order valence-corrected chi connectivity index (χ2v) is 5.41. The molecule has 17 heavy (non-hydrogen) atoms. The van der Waals surface area contributed by atoms with Crippen LogP contribution >= 0.6 is 11.3 Å². The van der Waals surface area contributed by atoms with E-state index in [4.69, 9.17) is 4.74 Å². The Labute approximate surface area is 105 Å². The van der Waals surface area contributed by atoms with Crippen LogP contribution in [-0.2, 0) is 9.53 Å². The molecule has 1 aliphatic rings. The molecule has 1 saturated heterocycles. The minimum absolute atomic E-state index is 0.0435. The van der Waals surface area contributed by atoms with Gasteiger partial charge < -0.3 is 10.1 Å². The number of ether oxygens (including phenoxy) is 1. The van der Waals surface area contributed by atoms with E-state index in [1.54, 1.807) is 6.20 Å². The van der Waals surface area contributed by atoms with Crippen LogP contribution in [0.3, 0.4) is 0 Å². The normalized spacial score (nSPS) is 18.9. The fourth-order valence-electron chi connectivity index (χ4n) is 2.10. The summed E-state index contributed by atoms with van der Waals surface area (Å²) in [5.41, 5.74) is 0. The standard InChI is InChI=1S/C12H18N2O2S/c1-9(8-10-2-5-16-6-3-10)11(15)14-12-13-4-7-17-12/h4,7,9-10H,2-3,5-6,8H2,1H3,(H,13,14,15). The van der Waals surface area contributed by atoms with Gasteiger partial charge in [-0.3, -0.25) is 4.79 Å². The highest BCUT2D eigenvalue weighted by Crippen LogP contribution is 2.23. The average Bonchev–Trinajstić information content (AvgIpc) is 2.83. The molecule has 94 valence electrons. The lowest BCUT2D eigenvalue weighted by atomic mass is 9.89. The van der Waals surface area contributed by atoms with E-state index in [0.717, 1.165) is 32.5 Å². The molecule has 1 aromatic heterocycles. The number of rotatable bonds is 4. The summed E-state index contributed by atoms with van der Waals surface area (Å²) in [4.78, 5) is 16.0. The molecule has 2 rings (SSSR count). The number of hydrogen-bond acceptors (Lipinski definition) is 4. The van der Waals surface area contributed by atoms with Crippen molar-refractivity contribution in [3.05, 3.63) is 11.6 Å². The van der Waals surface area contributed by atoms with Crippen LogP contribution in [0.1, 0.15) is 26.2 Å². The molecular weight excluding hydrogens is 236 g/mol. The lowest BCUT2D eigenvalue weighted by molar-refractivity contribution is -0.120. The first-order chi connectivity index (χ1) is 8.25. The summed E-state index contributed by atoms with van der Waals surface area (Å²) in [7, 11) is 0. The van der Waals surface area contributed by atoms with Gasteiger partial charge >= 0.3 is 0 Å². The van der Waals surface area contributed by atoms with E-state index >= 15 is 0 Å². The van der Waals surface area contributed by atoms with Gasteiger partial charge in [-0.25, -0.2) is 4.98 Å². The molecule has 1 amide bonds. The third-order valence-corrected chi connectivity index (χ3v) is 3.83. The second kappa shape index (κ2) is 6.12. The van der Waals surface area contributed by atoms with Crippen LogP contribution < -0.4 is 5.32 Å². The number of thiazole rings is 1. The first kappa shape index (κ1) is 12.5. The summed E-state index contributed by atoms with van der Waals surface area (Å²) in [6.45, 7) is 3.66. The van der Waals surface area contributed by atoms with Crippen LogP contribution in [0.4, 0.5) is 5.13 Å². The van der Waals surface area contributed by atoms with E-state index in [1.807, 2.05) is 12.3 Å². The quantitative estimate of drug-likeness (QED) is 0.898. The molecule has 0 aliphatic carbocycles. The summed E-state index contributed by atoms with van der Waals surface area (Å²) >= 11 is 1.45. The zero-order chi connectivity index (χ0) is 12.1. The monoisotopic (exact) mass is 254 g/mol. The van der Waals surface area contributed by atoms with Crippen molar-refractivity contribution < 1.29 is 9.53 Å². The molecule has 0 saturated carbocycles. The van der Waals surface area contributed by atoms with Gasteiger partial charge in [0.2, 0.25) is 5.91 Å². The first-order valence-electron chi connectivity index (χ1n) is 6.04. The molecule has 1 aliphatic heterocycles. The molecular formula is C12H18N2O2S. The molecule has 0 bridgehead atoms. The summed E-state index contributed by atoms with van der Waals surface area (Å²) in [5, 5.41) is 5.40. The van der Waals surface area contributed by atoms with Crippen molar-refractivity contribution in [2.24, 2.45) is 11.8 Å². The largest absolute Gasteiger partial charge is 0.381 e. The maximum Gasteiger partial charge on any atom is 0.228 e. The van der Waals surface area contributed by atoms with Gasteiger partial charge in [0.05, 0.1) is 0 Å². The summed E-state index contributed by atoms with van der Waals surface area (Å²) in [6.07, 6.45) is 4.80. The number of carbonyl (C=O) groups is 1. The van der Waals surface area contributed by atoms with E-state index < -0.39 is 0 Å². The van der Waals surface area contributed by atoms with Crippen molar-refractivity contribution in [2.75, 3.05) is 18.5 Å². The van der Waals surface area contributed by atoms with Gasteiger partial charge in [-0.05, 0) is 25.2 Å². The molecule has 1 aromatic rings. The highest BCUT2D eigenvalue weighted by molar-refractivity contribution is 7.13. The minimum atomic E-state index is 0.0435. The van der Waals surface area contributed by atoms with E-state index in [1.165, 1.54) is 11.3 Å². The van der Waals surface area contributed by atoms with Gasteiger partial charge in [0.15, 0.2) is 5.13 Å². The maximum atomic E-state index is 11.9. The third-order valence-electron chi connectivity index (χ3n) is 3.14. The number of carbonyl (C=O) groups excluding carboxylic acids is 1. The predicted molar refractivity (Wildman–Crippen MR) is 68.1 cm³/mol. The Morgan fingerprint density at radius 2 is 2.41 bits per heavy atom. The van der Waals surface area contributed by atoms with Crippen molar-refractivity contribution in [3.8, 4) is 0 Å². The molecule has 2 heterocycles. The minimum Gasteiger partial charge on any atom is -0.381 e. The van der Waals surface area contributed by atoms with E-state index in [-0.39, 0.29) is 11.8 Å². The number of nitrogens with zero attached hydrogens (tertiary/aromatic N) is 1. The molecule has 1 N–H and O–H groups in total. The Morgan fingerprint density at radius 3 is 3.06 bits per heavy atom. The van der Waals surface area contributed by atoms with Crippen LogP contribution in [0.5, 0.6) is 0 Å². The molecule has 0 spiro atoms. The van der Waals surface area contributed by atoms with Crippen LogP contribution in [0, 0.1) is 11.8 Å². The molecule has 4 nitrogen and oxygen atoms in total. The van der Waals surface area contributed by atoms with Crippen LogP contribution in [-0.4, -0.2) is 24.1 Å². The SMILES string of the molecule is CC(CC1CCOCC1)C(=O)Nc1nccs1. The zero-order valence-electron chi connectivity index (χ0n) is 10.0. The van der Waals surface area contributed by atoms with E-state index in [2.05, 4.69) is 10.3 Å². The van der Waals surface area contributed by atoms with Crippen molar-refractivity contribution in [3.63, 3.8) is 0 Å². The fourth-order valence-corrected chi connectivity index (χ4v) is 2.63. The first-order valence-corrected chi connectivity index (χ1v) is 6.92. The molecule has 0 aromatic carbocycles. The van der Waals surface area contributed by atoms with Gasteiger partial charge in [-0.15, -0.1) is 11.3 Å². The number of hydrogen-bond donors (Lipinski definition) is 1. The van der Waals surface area contributed by atoms with Crippen molar-refractivity contribution >= 4 is 22.4 Å². The summed E-state index contributed by atoms with van der Waals surface area (Å²) in [5.74, 6) is 0.745. The zero-order valence-corrected chi connectivity index (χ0v) is 10.8. The molecule has 0 radical (unpaired) electrons. The van der Waals surface area contributed by atoms with E-state index in [9.17, 15) is 4.79 Å². The Morgan fingerprint density at radius 1 is 1.65 bits per heavy atom. The smallest absolute Gasteiger partial charge is 0.228 e.